The van der Waals surface area contributed by atoms with Crippen LogP contribution in [0.25, 0.3) is 0 Å². The number of benzene rings is 1. The first-order chi connectivity index (χ1) is 12.1. The predicted molar refractivity (Wildman–Crippen MR) is 97.0 cm³/mol. The summed E-state index contributed by atoms with van der Waals surface area (Å²) in [6.07, 6.45) is 3.32. The number of piperidine rings is 1. The molecule has 1 aliphatic heterocycles. The third-order valence-corrected chi connectivity index (χ3v) is 4.44. The van der Waals surface area contributed by atoms with Gasteiger partial charge in [0, 0.05) is 26.7 Å². The van der Waals surface area contributed by atoms with Crippen LogP contribution in [-0.2, 0) is 16.0 Å². The van der Waals surface area contributed by atoms with Gasteiger partial charge in [0.05, 0.1) is 12.5 Å². The largest absolute Gasteiger partial charge is 0.466 e. The molecule has 1 saturated heterocycles. The molecule has 0 saturated carbocycles. The van der Waals surface area contributed by atoms with Gasteiger partial charge in [-0.1, -0.05) is 12.1 Å². The van der Waals surface area contributed by atoms with E-state index in [4.69, 9.17) is 4.74 Å². The third kappa shape index (κ3) is 6.03. The molecule has 25 heavy (non-hydrogen) atoms. The molecular formula is C19H28FN3O2. The highest BCUT2D eigenvalue weighted by molar-refractivity contribution is 5.80. The first kappa shape index (κ1) is 19.2. The molecule has 0 bridgehead atoms. The van der Waals surface area contributed by atoms with Gasteiger partial charge >= 0.3 is 5.97 Å². The second-order valence-corrected chi connectivity index (χ2v) is 6.22. The van der Waals surface area contributed by atoms with E-state index in [1.807, 2.05) is 13.0 Å². The van der Waals surface area contributed by atoms with Crippen LogP contribution in [0.2, 0.25) is 0 Å². The monoisotopic (exact) mass is 349 g/mol. The predicted octanol–water partition coefficient (Wildman–Crippen LogP) is 2.61. The minimum Gasteiger partial charge on any atom is -0.466 e. The number of hydrogen-bond donors (Lipinski definition) is 1. The van der Waals surface area contributed by atoms with Gasteiger partial charge in [-0.15, -0.1) is 0 Å². The number of ether oxygens (including phenoxy) is 1. The molecular weight excluding hydrogens is 321 g/mol. The second kappa shape index (κ2) is 10.0. The molecule has 1 N–H and O–H groups in total. The number of aliphatic imine (C=N–C) groups is 1. The summed E-state index contributed by atoms with van der Waals surface area (Å²) in [5.41, 5.74) is 1.01. The lowest BCUT2D eigenvalue weighted by Gasteiger charge is -2.33. The molecule has 1 aromatic rings. The molecule has 5 nitrogen and oxygen atoms in total. The van der Waals surface area contributed by atoms with Gasteiger partial charge in [0.2, 0.25) is 0 Å². The molecule has 0 aliphatic carbocycles. The van der Waals surface area contributed by atoms with Gasteiger partial charge in [-0.3, -0.25) is 9.79 Å². The highest BCUT2D eigenvalue weighted by atomic mass is 19.1. The Morgan fingerprint density at radius 3 is 2.80 bits per heavy atom. The van der Waals surface area contributed by atoms with Crippen LogP contribution in [0.1, 0.15) is 31.7 Å². The lowest BCUT2D eigenvalue weighted by Crippen LogP contribution is -2.47. The van der Waals surface area contributed by atoms with Crippen LogP contribution in [0, 0.1) is 11.7 Å². The maximum Gasteiger partial charge on any atom is 0.309 e. The van der Waals surface area contributed by atoms with E-state index in [1.54, 1.807) is 19.2 Å². The normalized spacial score (nSPS) is 16.0. The van der Waals surface area contributed by atoms with E-state index in [-0.39, 0.29) is 17.7 Å². The molecule has 0 radical (unpaired) electrons. The number of nitrogens with one attached hydrogen (secondary N) is 1. The molecule has 1 aromatic carbocycles. The van der Waals surface area contributed by atoms with Gasteiger partial charge in [0.25, 0.3) is 0 Å². The minimum absolute atomic E-state index is 0.00211. The second-order valence-electron chi connectivity index (χ2n) is 6.22. The molecule has 2 rings (SSSR count). The van der Waals surface area contributed by atoms with Gasteiger partial charge in [-0.2, -0.15) is 0 Å². The van der Waals surface area contributed by atoms with Crippen molar-refractivity contribution < 1.29 is 13.9 Å². The Labute approximate surface area is 149 Å². The van der Waals surface area contributed by atoms with Crippen LogP contribution in [-0.4, -0.2) is 50.1 Å². The zero-order valence-corrected chi connectivity index (χ0v) is 15.1. The van der Waals surface area contributed by atoms with Crippen molar-refractivity contribution in [3.05, 3.63) is 35.6 Å². The molecule has 1 fully saturated rings. The standard InChI is InChI=1S/C19H28FN3O2/c1-3-25-18(24)16-9-12-23(13-10-16)19(21-2)22-11-5-7-15-6-4-8-17(20)14-15/h4,6,8,14,16H,3,5,7,9-13H2,1-2H3,(H,21,22). The minimum atomic E-state index is -0.189. The Hall–Kier alpha value is -2.11. The van der Waals surface area contributed by atoms with Gasteiger partial charge in [-0.25, -0.2) is 4.39 Å². The van der Waals surface area contributed by atoms with Gasteiger partial charge in [0.15, 0.2) is 5.96 Å². The molecule has 6 heteroatoms. The first-order valence-electron chi connectivity index (χ1n) is 9.00. The number of halogens is 1. The Balaban J connectivity index is 1.71. The van der Waals surface area contributed by atoms with Crippen LogP contribution < -0.4 is 5.32 Å². The first-order valence-corrected chi connectivity index (χ1v) is 9.00. The summed E-state index contributed by atoms with van der Waals surface area (Å²) < 4.78 is 18.3. The zero-order chi connectivity index (χ0) is 18.1. The van der Waals surface area contributed by atoms with Gasteiger partial charge < -0.3 is 15.0 Å². The van der Waals surface area contributed by atoms with Crippen LogP contribution >= 0.6 is 0 Å². The fourth-order valence-corrected chi connectivity index (χ4v) is 3.10. The highest BCUT2D eigenvalue weighted by Crippen LogP contribution is 2.18. The van der Waals surface area contributed by atoms with E-state index in [0.717, 1.165) is 56.8 Å². The molecule has 0 unspecified atom stereocenters. The number of esters is 1. The number of guanidine groups is 1. The van der Waals surface area contributed by atoms with Crippen molar-refractivity contribution in [3.63, 3.8) is 0 Å². The Morgan fingerprint density at radius 2 is 2.16 bits per heavy atom. The molecule has 0 aromatic heterocycles. The van der Waals surface area contributed by atoms with Crippen molar-refractivity contribution >= 4 is 11.9 Å². The van der Waals surface area contributed by atoms with Crippen molar-refractivity contribution in [2.45, 2.75) is 32.6 Å². The summed E-state index contributed by atoms with van der Waals surface area (Å²) >= 11 is 0. The summed E-state index contributed by atoms with van der Waals surface area (Å²) in [6, 6.07) is 6.72. The fraction of sp³-hybridized carbons (Fsp3) is 0.579. The molecule has 0 atom stereocenters. The van der Waals surface area contributed by atoms with E-state index < -0.39 is 0 Å². The Kier molecular flexibility index (Phi) is 7.70. The van der Waals surface area contributed by atoms with E-state index in [1.165, 1.54) is 6.07 Å². The fourth-order valence-electron chi connectivity index (χ4n) is 3.10. The lowest BCUT2D eigenvalue weighted by molar-refractivity contribution is -0.149. The van der Waals surface area contributed by atoms with Crippen LogP contribution in [0.4, 0.5) is 4.39 Å². The molecule has 0 amide bonds. The zero-order valence-electron chi connectivity index (χ0n) is 15.1. The van der Waals surface area contributed by atoms with E-state index >= 15 is 0 Å². The topological polar surface area (TPSA) is 53.9 Å². The maximum absolute atomic E-state index is 13.2. The number of nitrogens with zero attached hydrogens (tertiary/aromatic N) is 2. The number of carbonyl (C=O) groups excluding carboxylic acids is 1. The summed E-state index contributed by atoms with van der Waals surface area (Å²) in [6.45, 7) is 4.65. The number of aryl methyl sites for hydroxylation is 1. The van der Waals surface area contributed by atoms with E-state index in [9.17, 15) is 9.18 Å². The number of carbonyl (C=O) groups is 1. The average Bonchev–Trinajstić information content (AvgIpc) is 2.62. The van der Waals surface area contributed by atoms with Gasteiger partial charge in [-0.05, 0) is 50.3 Å². The number of rotatable bonds is 6. The Morgan fingerprint density at radius 1 is 1.40 bits per heavy atom. The molecule has 0 spiro atoms. The lowest BCUT2D eigenvalue weighted by atomic mass is 9.97. The quantitative estimate of drug-likeness (QED) is 0.371. The summed E-state index contributed by atoms with van der Waals surface area (Å²) in [7, 11) is 1.77. The summed E-state index contributed by atoms with van der Waals surface area (Å²) in [5, 5.41) is 3.36. The number of likely N-dealkylation sites (tertiary alicyclic amines) is 1. The van der Waals surface area contributed by atoms with Crippen molar-refractivity contribution in [2.75, 3.05) is 33.3 Å². The highest BCUT2D eigenvalue weighted by Gasteiger charge is 2.27. The average molecular weight is 349 g/mol. The van der Waals surface area contributed by atoms with Gasteiger partial charge in [0.1, 0.15) is 5.82 Å². The summed E-state index contributed by atoms with van der Waals surface area (Å²) in [4.78, 5) is 18.3. The summed E-state index contributed by atoms with van der Waals surface area (Å²) in [5.74, 6) is 0.592. The van der Waals surface area contributed by atoms with Crippen LogP contribution in [0.5, 0.6) is 0 Å². The van der Waals surface area contributed by atoms with Crippen molar-refractivity contribution in [1.82, 2.24) is 10.2 Å². The molecule has 1 heterocycles. The van der Waals surface area contributed by atoms with E-state index in [2.05, 4.69) is 15.2 Å². The number of hydrogen-bond acceptors (Lipinski definition) is 3. The maximum atomic E-state index is 13.2. The van der Waals surface area contributed by atoms with Crippen molar-refractivity contribution in [2.24, 2.45) is 10.9 Å². The molecule has 138 valence electrons. The molecule has 1 aliphatic rings. The SMILES string of the molecule is CCOC(=O)C1CCN(C(=NC)NCCCc2cccc(F)c2)CC1. The van der Waals surface area contributed by atoms with Crippen LogP contribution in [0.15, 0.2) is 29.3 Å². The van der Waals surface area contributed by atoms with Crippen LogP contribution in [0.3, 0.4) is 0 Å². The van der Waals surface area contributed by atoms with Crippen molar-refractivity contribution in [3.8, 4) is 0 Å². The third-order valence-electron chi connectivity index (χ3n) is 4.44. The van der Waals surface area contributed by atoms with E-state index in [0.29, 0.717) is 6.61 Å². The smallest absolute Gasteiger partial charge is 0.309 e. The Bertz CT molecular complexity index is 584. The van der Waals surface area contributed by atoms with Crippen molar-refractivity contribution in [1.29, 1.82) is 0 Å².